The van der Waals surface area contributed by atoms with Crippen molar-refractivity contribution < 1.29 is 43.7 Å². The van der Waals surface area contributed by atoms with Gasteiger partial charge in [0.2, 0.25) is 0 Å². The molecule has 2 aromatic rings. The molecule has 0 radical (unpaired) electrons. The molecule has 67 heavy (non-hydrogen) atoms. The van der Waals surface area contributed by atoms with Crippen molar-refractivity contribution in [2.24, 2.45) is 20.1 Å². The second kappa shape index (κ2) is 44.4. The number of nitrogens with one attached hydrogen (secondary N) is 2. The molecule has 368 valence electrons. The van der Waals surface area contributed by atoms with Crippen LogP contribution in [0.4, 0.5) is 0 Å². The van der Waals surface area contributed by atoms with Crippen LogP contribution in [0.5, 0.6) is 11.5 Å². The van der Waals surface area contributed by atoms with E-state index in [1.807, 2.05) is 48.5 Å². The van der Waals surface area contributed by atoms with Crippen LogP contribution >= 0.6 is 31.9 Å². The fourth-order valence-electron chi connectivity index (χ4n) is 5.79. The van der Waals surface area contributed by atoms with Gasteiger partial charge in [-0.05, 0) is 57.0 Å². The second-order valence-corrected chi connectivity index (χ2v) is 16.5. The average molecular weight is 1060 g/mol. The number of aliphatic hydroxyl groups is 1. The maximum atomic E-state index is 10.4. The number of halogens is 2. The van der Waals surface area contributed by atoms with E-state index in [2.05, 4.69) is 112 Å². The molecule has 5 N–H and O–H groups in total. The molecule has 26 heteroatoms. The molecule has 0 saturated carbocycles. The first-order valence-electron chi connectivity index (χ1n) is 23.0. The molecule has 0 aliphatic rings. The van der Waals surface area contributed by atoms with E-state index in [1.54, 1.807) is 20.7 Å². The molecule has 0 heterocycles. The zero-order valence-corrected chi connectivity index (χ0v) is 43.8. The Morgan fingerprint density at radius 1 is 0.672 bits per heavy atom. The van der Waals surface area contributed by atoms with Gasteiger partial charge in [0.1, 0.15) is 12.4 Å². The van der Waals surface area contributed by atoms with Crippen LogP contribution in [0, 0.1) is 0 Å². The van der Waals surface area contributed by atoms with Gasteiger partial charge >= 0.3 is 253 Å². The van der Waals surface area contributed by atoms with Gasteiger partial charge in [-0.3, -0.25) is 4.90 Å². The zero-order valence-electron chi connectivity index (χ0n) is 40.7. The minimum atomic E-state index is -0.574. The predicted molar refractivity (Wildman–Crippen MR) is 282 cm³/mol. The van der Waals surface area contributed by atoms with Crippen LogP contribution in [0.3, 0.4) is 0 Å². The van der Waals surface area contributed by atoms with Gasteiger partial charge in [-0.1, -0.05) is 50.5 Å². The minimum Gasteiger partial charge on any atom is -0.492 e. The van der Waals surface area contributed by atoms with Gasteiger partial charge in [0.15, 0.2) is 0 Å². The van der Waals surface area contributed by atoms with Crippen LogP contribution < -0.4 is 19.9 Å². The van der Waals surface area contributed by atoms with E-state index in [-0.39, 0.29) is 18.7 Å². The van der Waals surface area contributed by atoms with Crippen LogP contribution in [0.15, 0.2) is 77.6 Å². The van der Waals surface area contributed by atoms with Crippen LogP contribution in [-0.2, 0) is 19.1 Å². The normalized spacial score (nSPS) is 12.5. The number of ether oxygens (including phenoxy) is 2. The third-order valence-corrected chi connectivity index (χ3v) is 10.7. The van der Waals surface area contributed by atoms with Gasteiger partial charge in [0, 0.05) is 24.1 Å². The number of nitrogens with zero attached hydrogens (tertiary/aromatic N) is 7. The van der Waals surface area contributed by atoms with Gasteiger partial charge in [-0.15, -0.1) is 0 Å². The predicted octanol–water partition coefficient (Wildman–Crippen LogP) is 3.78. The molecule has 2 rings (SSSR count). The SMILES string of the molecule is CB(O)NCCON=BC[C@H](CO)N=CB=O.CB(O)NCCON=BC[C@H](COc1ccc(Br)cc1)N=CB=O.CCN(CC)CCN(CC)C[C@H](COc1ccc(Br)cc1)N(CC)CC. The van der Waals surface area contributed by atoms with Crippen molar-refractivity contribution in [3.05, 3.63) is 57.5 Å². The standard InChI is InChI=1S/C21H38BrN3O.C13H19B3BrN3O4.C7H16B3N3O4/c1-6-23(7-2)15-16-24(8-3)17-20(25(9-4)10-5)18-26-21-13-11-19(22)12-14-21;1-16(22)19-6-7-24-20-14-8-12(18-10-15-21)9-23-13-4-2-11(17)3-5-13;1-10(16)12-2-3-17-13-8-4-7(5-14)11-6-9-15/h11-14,20H,6-10,15-18H2,1-5H3;2-5,10,12,19,22H,6-9H2,1H3;6-7,12,14,16H,2-5H2,1H3/t20-;12-;7-/m111/s1. The number of rotatable bonds is 36. The summed E-state index contributed by atoms with van der Waals surface area (Å²) in [5, 5.41) is 39.7. The zero-order chi connectivity index (χ0) is 49.9. The fourth-order valence-corrected chi connectivity index (χ4v) is 6.32. The third-order valence-electron chi connectivity index (χ3n) is 9.63. The molecule has 0 fully saturated rings. The number of aliphatic imine (C=N–C) groups is 2. The Kier molecular flexibility index (Phi) is 42.6. The van der Waals surface area contributed by atoms with Crippen molar-refractivity contribution in [2.75, 3.05) is 98.5 Å². The van der Waals surface area contributed by atoms with Crippen LogP contribution in [0.2, 0.25) is 26.3 Å². The topological polar surface area (TPSA) is 215 Å². The Balaban J connectivity index is 0.000000998. The van der Waals surface area contributed by atoms with E-state index in [1.165, 1.54) is 13.2 Å². The van der Waals surface area contributed by atoms with Gasteiger partial charge < -0.3 is 14.5 Å². The molecule has 0 bridgehead atoms. The molecule has 0 saturated heterocycles. The summed E-state index contributed by atoms with van der Waals surface area (Å²) in [7, 11) is 3.10. The van der Waals surface area contributed by atoms with Gasteiger partial charge in [0.25, 0.3) is 0 Å². The summed E-state index contributed by atoms with van der Waals surface area (Å²) in [6.07, 6.45) is 3.17. The summed E-state index contributed by atoms with van der Waals surface area (Å²) in [5.74, 6) is 1.67. The van der Waals surface area contributed by atoms with Crippen LogP contribution in [0.25, 0.3) is 0 Å². The Bertz CT molecular complexity index is 1610. The van der Waals surface area contributed by atoms with E-state index >= 15 is 0 Å². The van der Waals surface area contributed by atoms with Crippen molar-refractivity contribution in [1.82, 2.24) is 25.2 Å². The van der Waals surface area contributed by atoms with Crippen molar-refractivity contribution in [2.45, 2.75) is 79.0 Å². The van der Waals surface area contributed by atoms with Crippen LogP contribution in [-0.4, -0.2) is 201 Å². The first kappa shape index (κ1) is 64.2. The van der Waals surface area contributed by atoms with Crippen molar-refractivity contribution in [3.63, 3.8) is 0 Å². The van der Waals surface area contributed by atoms with E-state index in [0.717, 1.165) is 85.5 Å². The van der Waals surface area contributed by atoms with Gasteiger partial charge in [0.05, 0.1) is 6.04 Å². The fraction of sp³-hybridized carbons (Fsp3) is 0.659. The molecular formula is C41H73B6Br2N9O9. The first-order chi connectivity index (χ1) is 32.4. The molecule has 0 spiro atoms. The maximum absolute atomic E-state index is 10.4. The molecule has 0 aliphatic heterocycles. The van der Waals surface area contributed by atoms with E-state index in [4.69, 9.17) is 34.3 Å². The average Bonchev–Trinajstić information content (AvgIpc) is 3.32. The summed E-state index contributed by atoms with van der Waals surface area (Å²) in [6.45, 7) is 25.8. The Morgan fingerprint density at radius 2 is 1.10 bits per heavy atom. The maximum Gasteiger partial charge on any atom is 0.119 e. The van der Waals surface area contributed by atoms with Crippen molar-refractivity contribution >= 4 is 86.6 Å². The number of benzene rings is 2. The summed E-state index contributed by atoms with van der Waals surface area (Å²) in [5.41, 5.74) is 0. The molecule has 0 unspecified atom stereocenters. The molecular weight excluding hydrogens is 987 g/mol. The van der Waals surface area contributed by atoms with E-state index in [0.29, 0.717) is 65.9 Å². The number of hydrogen-bond donors (Lipinski definition) is 5. The summed E-state index contributed by atoms with van der Waals surface area (Å²) in [4.78, 5) is 25.4. The van der Waals surface area contributed by atoms with Crippen molar-refractivity contribution in [1.29, 1.82) is 0 Å². The molecule has 3 atom stereocenters. The molecule has 2 aromatic carbocycles. The first-order valence-corrected chi connectivity index (χ1v) is 24.6. The van der Waals surface area contributed by atoms with E-state index < -0.39 is 14.1 Å². The van der Waals surface area contributed by atoms with Gasteiger partial charge in [-0.25, -0.2) is 0 Å². The number of hydrogen-bond acceptors (Lipinski definition) is 18. The third kappa shape index (κ3) is 36.8. The van der Waals surface area contributed by atoms with E-state index in [9.17, 15) is 9.41 Å². The van der Waals surface area contributed by atoms with Crippen molar-refractivity contribution in [3.8, 4) is 11.5 Å². The molecule has 0 aliphatic carbocycles. The summed E-state index contributed by atoms with van der Waals surface area (Å²) in [6, 6.07) is 15.4. The Hall–Kier alpha value is -2.79. The molecule has 18 nitrogen and oxygen atoms in total. The smallest absolute Gasteiger partial charge is 0.119 e. The largest absolute Gasteiger partial charge is 0.492 e. The second-order valence-electron chi connectivity index (χ2n) is 14.7. The quantitative estimate of drug-likeness (QED) is 0.0285. The Morgan fingerprint density at radius 3 is 1.52 bits per heavy atom. The minimum absolute atomic E-state index is 0.153. The summed E-state index contributed by atoms with van der Waals surface area (Å²) >= 11 is 6.84. The number of likely N-dealkylation sites (N-methyl/N-ethyl adjacent to an activating group) is 3. The van der Waals surface area contributed by atoms with Gasteiger partial charge in [-0.2, -0.15) is 0 Å². The molecule has 0 aromatic heterocycles. The van der Waals surface area contributed by atoms with Crippen LogP contribution in [0.1, 0.15) is 34.6 Å². The Labute approximate surface area is 420 Å². The molecule has 0 amide bonds. The number of aliphatic hydroxyl groups excluding tert-OH is 1. The monoisotopic (exact) mass is 1060 g/mol. The summed E-state index contributed by atoms with van der Waals surface area (Å²) < 4.78 is 34.3.